The molecule has 0 radical (unpaired) electrons. The third kappa shape index (κ3) is 5.40. The van der Waals surface area contributed by atoms with Crippen molar-refractivity contribution in [3.8, 4) is 0 Å². The Bertz CT molecular complexity index is 428. The molecule has 0 bridgehead atoms. The van der Waals surface area contributed by atoms with E-state index in [9.17, 15) is 4.79 Å². The number of nitrogens with one attached hydrogen (secondary N) is 2. The molecule has 0 saturated heterocycles. The molecule has 0 saturated carbocycles. The quantitative estimate of drug-likeness (QED) is 0.796. The van der Waals surface area contributed by atoms with Gasteiger partial charge < -0.3 is 10.6 Å². The second-order valence-electron chi connectivity index (χ2n) is 4.17. The molecule has 0 spiro atoms. The maximum absolute atomic E-state index is 12.1. The average molecular weight is 346 g/mol. The molecule has 1 atom stereocenters. The SMILES string of the molecule is CCNc1ncc(Br)cc1C(=O)NCCC(C)SC. The van der Waals surface area contributed by atoms with Crippen molar-refractivity contribution in [1.29, 1.82) is 0 Å². The first kappa shape index (κ1) is 16.3. The Morgan fingerprint density at radius 1 is 1.58 bits per heavy atom. The number of hydrogen-bond donors (Lipinski definition) is 2. The number of aromatic nitrogens is 1. The van der Waals surface area contributed by atoms with Crippen LogP contribution in [0.2, 0.25) is 0 Å². The molecular formula is C13H20BrN3OS. The van der Waals surface area contributed by atoms with Gasteiger partial charge in [0.1, 0.15) is 5.82 Å². The Kier molecular flexibility index (Phi) is 7.23. The highest BCUT2D eigenvalue weighted by molar-refractivity contribution is 9.10. The molecular weight excluding hydrogens is 326 g/mol. The van der Waals surface area contributed by atoms with Crippen LogP contribution >= 0.6 is 27.7 Å². The van der Waals surface area contributed by atoms with E-state index < -0.39 is 0 Å². The van der Waals surface area contributed by atoms with Crippen molar-refractivity contribution in [1.82, 2.24) is 10.3 Å². The van der Waals surface area contributed by atoms with Gasteiger partial charge in [0.2, 0.25) is 0 Å². The Hall–Kier alpha value is -0.750. The number of amides is 1. The van der Waals surface area contributed by atoms with Gasteiger partial charge in [-0.05, 0) is 41.6 Å². The molecule has 0 fully saturated rings. The maximum Gasteiger partial charge on any atom is 0.255 e. The predicted octanol–water partition coefficient (Wildman–Crippen LogP) is 3.15. The van der Waals surface area contributed by atoms with E-state index in [1.54, 1.807) is 24.0 Å². The van der Waals surface area contributed by atoms with Crippen LogP contribution in [0.1, 0.15) is 30.6 Å². The highest BCUT2D eigenvalue weighted by Crippen LogP contribution is 2.18. The van der Waals surface area contributed by atoms with E-state index in [1.165, 1.54) is 0 Å². The third-order valence-corrected chi connectivity index (χ3v) is 4.16. The van der Waals surface area contributed by atoms with Gasteiger partial charge in [-0.2, -0.15) is 11.8 Å². The molecule has 4 nitrogen and oxygen atoms in total. The van der Waals surface area contributed by atoms with Gasteiger partial charge in [-0.3, -0.25) is 4.79 Å². The summed E-state index contributed by atoms with van der Waals surface area (Å²) in [6.45, 7) is 5.55. The molecule has 1 aromatic rings. The van der Waals surface area contributed by atoms with Crippen LogP contribution in [-0.4, -0.2) is 35.5 Å². The topological polar surface area (TPSA) is 54.0 Å². The molecule has 0 aliphatic rings. The monoisotopic (exact) mass is 345 g/mol. The van der Waals surface area contributed by atoms with Gasteiger partial charge in [-0.15, -0.1) is 0 Å². The molecule has 1 amide bonds. The fourth-order valence-electron chi connectivity index (χ4n) is 1.52. The summed E-state index contributed by atoms with van der Waals surface area (Å²) >= 11 is 5.15. The van der Waals surface area contributed by atoms with E-state index in [1.807, 2.05) is 6.92 Å². The van der Waals surface area contributed by atoms with Crippen molar-refractivity contribution in [3.05, 3.63) is 22.3 Å². The minimum Gasteiger partial charge on any atom is -0.370 e. The zero-order valence-corrected chi connectivity index (χ0v) is 13.9. The van der Waals surface area contributed by atoms with Gasteiger partial charge in [-0.1, -0.05) is 6.92 Å². The highest BCUT2D eigenvalue weighted by Gasteiger charge is 2.13. The summed E-state index contributed by atoms with van der Waals surface area (Å²) < 4.78 is 0.803. The van der Waals surface area contributed by atoms with Gasteiger partial charge in [-0.25, -0.2) is 4.98 Å². The lowest BCUT2D eigenvalue weighted by Crippen LogP contribution is -2.27. The second kappa shape index (κ2) is 8.43. The van der Waals surface area contributed by atoms with Crippen LogP contribution in [0, 0.1) is 0 Å². The number of halogens is 1. The van der Waals surface area contributed by atoms with Crippen LogP contribution in [0.3, 0.4) is 0 Å². The van der Waals surface area contributed by atoms with Gasteiger partial charge in [0.25, 0.3) is 5.91 Å². The molecule has 2 N–H and O–H groups in total. The van der Waals surface area contributed by atoms with Crippen molar-refractivity contribution in [2.45, 2.75) is 25.5 Å². The number of anilines is 1. The Balaban J connectivity index is 2.67. The third-order valence-electron chi connectivity index (χ3n) is 2.68. The van der Waals surface area contributed by atoms with E-state index in [-0.39, 0.29) is 5.91 Å². The van der Waals surface area contributed by atoms with Gasteiger partial charge in [0.15, 0.2) is 0 Å². The van der Waals surface area contributed by atoms with Crippen molar-refractivity contribution in [2.24, 2.45) is 0 Å². The van der Waals surface area contributed by atoms with Crippen LogP contribution < -0.4 is 10.6 Å². The minimum absolute atomic E-state index is 0.0851. The molecule has 106 valence electrons. The first-order chi connectivity index (χ1) is 9.08. The summed E-state index contributed by atoms with van der Waals surface area (Å²) in [4.78, 5) is 16.4. The zero-order chi connectivity index (χ0) is 14.3. The van der Waals surface area contributed by atoms with E-state index in [0.717, 1.165) is 17.4 Å². The summed E-state index contributed by atoms with van der Waals surface area (Å²) in [6.07, 6.45) is 4.73. The van der Waals surface area contributed by atoms with Crippen LogP contribution in [0.5, 0.6) is 0 Å². The minimum atomic E-state index is -0.0851. The van der Waals surface area contributed by atoms with E-state index in [2.05, 4.69) is 44.7 Å². The zero-order valence-electron chi connectivity index (χ0n) is 11.5. The number of carbonyl (C=O) groups is 1. The number of pyridine rings is 1. The number of rotatable bonds is 7. The van der Waals surface area contributed by atoms with Crippen LogP contribution in [0.25, 0.3) is 0 Å². The number of thioether (sulfide) groups is 1. The van der Waals surface area contributed by atoms with Gasteiger partial charge >= 0.3 is 0 Å². The first-order valence-electron chi connectivity index (χ1n) is 6.28. The largest absolute Gasteiger partial charge is 0.370 e. The average Bonchev–Trinajstić information content (AvgIpc) is 2.40. The lowest BCUT2D eigenvalue weighted by atomic mass is 10.2. The lowest BCUT2D eigenvalue weighted by molar-refractivity contribution is 0.0954. The predicted molar refractivity (Wildman–Crippen MR) is 86.0 cm³/mol. The number of hydrogen-bond acceptors (Lipinski definition) is 4. The molecule has 19 heavy (non-hydrogen) atoms. The molecule has 0 aromatic carbocycles. The van der Waals surface area contributed by atoms with E-state index >= 15 is 0 Å². The Labute approximate surface area is 127 Å². The fraction of sp³-hybridized carbons (Fsp3) is 0.538. The molecule has 1 unspecified atom stereocenters. The van der Waals surface area contributed by atoms with E-state index in [0.29, 0.717) is 23.2 Å². The molecule has 1 aromatic heterocycles. The molecule has 1 heterocycles. The molecule has 0 aliphatic carbocycles. The van der Waals surface area contributed by atoms with Crippen LogP contribution in [0.15, 0.2) is 16.7 Å². The summed E-state index contributed by atoms with van der Waals surface area (Å²) in [5.41, 5.74) is 0.577. The molecule has 0 aliphatic heterocycles. The normalized spacial score (nSPS) is 12.0. The summed E-state index contributed by atoms with van der Waals surface area (Å²) in [5.74, 6) is 0.541. The van der Waals surface area contributed by atoms with Crippen molar-refractivity contribution < 1.29 is 4.79 Å². The smallest absolute Gasteiger partial charge is 0.255 e. The van der Waals surface area contributed by atoms with Crippen LogP contribution in [-0.2, 0) is 0 Å². The first-order valence-corrected chi connectivity index (χ1v) is 8.37. The molecule has 6 heteroatoms. The van der Waals surface area contributed by atoms with Crippen molar-refractivity contribution in [2.75, 3.05) is 24.7 Å². The van der Waals surface area contributed by atoms with Crippen LogP contribution in [0.4, 0.5) is 5.82 Å². The maximum atomic E-state index is 12.1. The van der Waals surface area contributed by atoms with Gasteiger partial charge in [0.05, 0.1) is 5.56 Å². The number of nitrogens with zero attached hydrogens (tertiary/aromatic N) is 1. The second-order valence-corrected chi connectivity index (χ2v) is 6.36. The standard InChI is InChI=1S/C13H20BrN3OS/c1-4-15-12-11(7-10(14)8-17-12)13(18)16-6-5-9(2)19-3/h7-9H,4-6H2,1-3H3,(H,15,17)(H,16,18). The van der Waals surface area contributed by atoms with Crippen molar-refractivity contribution >= 4 is 39.4 Å². The van der Waals surface area contributed by atoms with Gasteiger partial charge in [0, 0.05) is 29.0 Å². The molecule has 1 rings (SSSR count). The fourth-order valence-corrected chi connectivity index (χ4v) is 2.21. The summed E-state index contributed by atoms with van der Waals surface area (Å²) in [7, 11) is 0. The lowest BCUT2D eigenvalue weighted by Gasteiger charge is -2.12. The highest BCUT2D eigenvalue weighted by atomic mass is 79.9. The Morgan fingerprint density at radius 3 is 2.95 bits per heavy atom. The summed E-state index contributed by atoms with van der Waals surface area (Å²) in [5, 5.41) is 6.58. The number of carbonyl (C=O) groups excluding carboxylic acids is 1. The Morgan fingerprint density at radius 2 is 2.32 bits per heavy atom. The summed E-state index contributed by atoms with van der Waals surface area (Å²) in [6, 6.07) is 1.79. The van der Waals surface area contributed by atoms with Crippen molar-refractivity contribution in [3.63, 3.8) is 0 Å². The van der Waals surface area contributed by atoms with E-state index in [4.69, 9.17) is 0 Å².